The number of pyridine rings is 2. The summed E-state index contributed by atoms with van der Waals surface area (Å²) in [7, 11) is 0. The summed E-state index contributed by atoms with van der Waals surface area (Å²) in [5.74, 6) is -0.798. The molecule has 1 atom stereocenters. The minimum Gasteiger partial charge on any atom is -0.477 e. The van der Waals surface area contributed by atoms with Gasteiger partial charge in [-0.15, -0.1) is 11.3 Å². The first-order valence-electron chi connectivity index (χ1n) is 13.8. The van der Waals surface area contributed by atoms with Gasteiger partial charge in [0, 0.05) is 37.0 Å². The van der Waals surface area contributed by atoms with Crippen molar-refractivity contribution in [1.29, 1.82) is 0 Å². The molecule has 0 aromatic carbocycles. The second kappa shape index (κ2) is 14.0. The van der Waals surface area contributed by atoms with Crippen LogP contribution in [0.15, 0.2) is 49.8 Å². The number of nitrogens with zero attached hydrogens (tertiary/aromatic N) is 3. The predicted molar refractivity (Wildman–Crippen MR) is 165 cm³/mol. The maximum absolute atomic E-state index is 13.3. The van der Waals surface area contributed by atoms with E-state index in [0.29, 0.717) is 45.2 Å². The number of ether oxygens (including phenoxy) is 2. The molecule has 0 spiro atoms. The molecule has 0 saturated carbocycles. The number of nitrogens with one attached hydrogen (secondary N) is 3. The number of aromatic nitrogens is 2. The first-order valence-corrected chi connectivity index (χ1v) is 14.6. The van der Waals surface area contributed by atoms with E-state index in [2.05, 4.69) is 57.7 Å². The predicted octanol–water partition coefficient (Wildman–Crippen LogP) is 4.63. The van der Waals surface area contributed by atoms with Crippen LogP contribution in [0.3, 0.4) is 0 Å². The van der Waals surface area contributed by atoms with Gasteiger partial charge in [0.05, 0.1) is 35.3 Å². The van der Waals surface area contributed by atoms with Crippen LogP contribution in [-0.2, 0) is 14.3 Å². The van der Waals surface area contributed by atoms with Crippen molar-refractivity contribution in [2.75, 3.05) is 29.9 Å². The third-order valence-electron chi connectivity index (χ3n) is 6.48. The van der Waals surface area contributed by atoms with Crippen molar-refractivity contribution in [3.05, 3.63) is 60.3 Å². The minimum absolute atomic E-state index is 0.0760. The molecule has 13 heteroatoms. The molecule has 226 valence electrons. The molecule has 0 bridgehead atoms. The summed E-state index contributed by atoms with van der Waals surface area (Å²) in [5.41, 5.74) is 2.71. The second-order valence-corrected chi connectivity index (χ2v) is 11.3. The van der Waals surface area contributed by atoms with E-state index in [-0.39, 0.29) is 18.0 Å². The van der Waals surface area contributed by atoms with E-state index < -0.39 is 11.9 Å². The van der Waals surface area contributed by atoms with Gasteiger partial charge in [-0.2, -0.15) is 0 Å². The topological polar surface area (TPSA) is 152 Å². The molecule has 3 aromatic heterocycles. The van der Waals surface area contributed by atoms with Gasteiger partial charge < -0.3 is 25.4 Å². The summed E-state index contributed by atoms with van der Waals surface area (Å²) in [6.07, 6.45) is 7.09. The summed E-state index contributed by atoms with van der Waals surface area (Å²) < 4.78 is 9.77. The summed E-state index contributed by atoms with van der Waals surface area (Å²) >= 11 is 1.29. The zero-order valence-electron chi connectivity index (χ0n) is 24.3. The van der Waals surface area contributed by atoms with Crippen LogP contribution in [0.25, 0.3) is 10.2 Å². The van der Waals surface area contributed by atoms with Crippen LogP contribution in [0, 0.1) is 12.8 Å². The third-order valence-corrected chi connectivity index (χ3v) is 7.58. The van der Waals surface area contributed by atoms with Crippen molar-refractivity contribution in [1.82, 2.24) is 20.6 Å². The van der Waals surface area contributed by atoms with Crippen LogP contribution in [0.5, 0.6) is 5.88 Å². The van der Waals surface area contributed by atoms with E-state index in [9.17, 15) is 19.2 Å². The highest BCUT2D eigenvalue weighted by atomic mass is 32.1. The van der Waals surface area contributed by atoms with E-state index in [1.54, 1.807) is 23.4 Å². The van der Waals surface area contributed by atoms with E-state index in [0.717, 1.165) is 49.0 Å². The standard InChI is InChI=1S/C24H28N6O3S.C6H6O3/c1-13(2)12-33-18-9-14(3)17(11-27-18)30-16-6-8-26-23-19(16)20(29-24(30)32)21(34-23)22(31)28-15-5-4-7-25-10-15;1-3-5(7)9-6(8)4-2/h6,8-9,11,13,15,25H,4-5,7,10,12H2,1-3H3,(H,28,31)(H,29,32);3-4H,1-2H2. The Hall–Kier alpha value is -4.62. The van der Waals surface area contributed by atoms with Crippen LogP contribution in [0.1, 0.15) is 41.9 Å². The number of urea groups is 1. The van der Waals surface area contributed by atoms with Crippen molar-refractivity contribution in [3.63, 3.8) is 0 Å². The molecule has 12 nitrogen and oxygen atoms in total. The Morgan fingerprint density at radius 2 is 1.95 bits per heavy atom. The molecule has 1 saturated heterocycles. The maximum atomic E-state index is 13.3. The fourth-order valence-corrected chi connectivity index (χ4v) is 5.50. The lowest BCUT2D eigenvalue weighted by atomic mass is 10.1. The molecule has 2 aliphatic rings. The highest BCUT2D eigenvalue weighted by molar-refractivity contribution is 7.21. The number of carbonyl (C=O) groups excluding carboxylic acids is 4. The lowest BCUT2D eigenvalue weighted by molar-refractivity contribution is -0.152. The molecular weight excluding hydrogens is 572 g/mol. The number of rotatable bonds is 8. The Morgan fingerprint density at radius 1 is 1.21 bits per heavy atom. The van der Waals surface area contributed by atoms with Crippen LogP contribution >= 0.6 is 11.3 Å². The van der Waals surface area contributed by atoms with Gasteiger partial charge in [-0.05, 0) is 43.9 Å². The Balaban J connectivity index is 0.000000410. The molecule has 0 aliphatic carbocycles. The Morgan fingerprint density at radius 3 is 2.58 bits per heavy atom. The van der Waals surface area contributed by atoms with Crippen molar-refractivity contribution in [2.45, 2.75) is 39.7 Å². The average Bonchev–Trinajstić information content (AvgIpc) is 3.37. The summed E-state index contributed by atoms with van der Waals surface area (Å²) in [5, 5.41) is 10.1. The quantitative estimate of drug-likeness (QED) is 0.189. The number of aryl methyl sites for hydroxylation is 1. The van der Waals surface area contributed by atoms with E-state index in [1.807, 2.05) is 13.0 Å². The molecule has 5 heterocycles. The molecule has 1 fully saturated rings. The van der Waals surface area contributed by atoms with Gasteiger partial charge in [-0.25, -0.2) is 24.4 Å². The Bertz CT molecular complexity index is 1540. The fraction of sp³-hybridized carbons (Fsp3) is 0.333. The van der Waals surface area contributed by atoms with Crippen LogP contribution in [-0.4, -0.2) is 59.6 Å². The van der Waals surface area contributed by atoms with Crippen molar-refractivity contribution >= 4 is 62.5 Å². The van der Waals surface area contributed by atoms with Crippen molar-refractivity contribution in [3.8, 4) is 5.88 Å². The smallest absolute Gasteiger partial charge is 0.338 e. The van der Waals surface area contributed by atoms with Crippen molar-refractivity contribution in [2.24, 2.45) is 5.92 Å². The average molecular weight is 607 g/mol. The molecule has 3 N–H and O–H groups in total. The Labute approximate surface area is 253 Å². The second-order valence-electron chi connectivity index (χ2n) is 10.3. The number of carbonyl (C=O) groups is 4. The Kier molecular flexibility index (Phi) is 10.2. The first-order chi connectivity index (χ1) is 20.6. The molecule has 5 rings (SSSR count). The van der Waals surface area contributed by atoms with Crippen LogP contribution < -0.4 is 25.6 Å². The molecule has 3 aromatic rings. The molecule has 2 aliphatic heterocycles. The van der Waals surface area contributed by atoms with Gasteiger partial charge in [-0.1, -0.05) is 27.0 Å². The molecule has 3 amide bonds. The third kappa shape index (κ3) is 7.43. The van der Waals surface area contributed by atoms with Gasteiger partial charge >= 0.3 is 18.0 Å². The van der Waals surface area contributed by atoms with Gasteiger partial charge in [0.25, 0.3) is 5.91 Å². The number of esters is 2. The summed E-state index contributed by atoms with van der Waals surface area (Å²) in [6.45, 7) is 14.5. The molecule has 0 radical (unpaired) electrons. The van der Waals surface area contributed by atoms with Gasteiger partial charge in [-0.3, -0.25) is 9.69 Å². The highest BCUT2D eigenvalue weighted by Crippen LogP contribution is 2.46. The molecular formula is C30H34N6O6S. The van der Waals surface area contributed by atoms with Gasteiger partial charge in [0.1, 0.15) is 9.71 Å². The van der Waals surface area contributed by atoms with Crippen LogP contribution in [0.2, 0.25) is 0 Å². The summed E-state index contributed by atoms with van der Waals surface area (Å²) in [4.78, 5) is 58.4. The summed E-state index contributed by atoms with van der Waals surface area (Å²) in [6, 6.07) is 3.37. The van der Waals surface area contributed by atoms with E-state index in [1.165, 1.54) is 11.3 Å². The van der Waals surface area contributed by atoms with Crippen molar-refractivity contribution < 1.29 is 28.7 Å². The van der Waals surface area contributed by atoms with Gasteiger partial charge in [0.2, 0.25) is 5.88 Å². The minimum atomic E-state index is -0.764. The number of piperidine rings is 1. The number of amides is 3. The largest absolute Gasteiger partial charge is 0.477 e. The number of thiophene rings is 1. The monoisotopic (exact) mass is 606 g/mol. The van der Waals surface area contributed by atoms with E-state index >= 15 is 0 Å². The first kappa shape index (κ1) is 31.3. The van der Waals surface area contributed by atoms with E-state index in [4.69, 9.17) is 4.74 Å². The maximum Gasteiger partial charge on any atom is 0.338 e. The zero-order chi connectivity index (χ0) is 31.1. The highest BCUT2D eigenvalue weighted by Gasteiger charge is 2.34. The SMILES string of the molecule is C=CC(=O)OC(=O)C=C.Cc1cc(OCC(C)C)ncc1N1C(=O)Nc2c(C(=O)NC3CCCNC3)sc3nccc1c23. The zero-order valence-corrected chi connectivity index (χ0v) is 25.1. The molecule has 43 heavy (non-hydrogen) atoms. The number of hydrogen-bond donors (Lipinski definition) is 3. The fourth-order valence-electron chi connectivity index (χ4n) is 4.48. The van der Waals surface area contributed by atoms with Crippen LogP contribution in [0.4, 0.5) is 21.9 Å². The number of hydrogen-bond acceptors (Lipinski definition) is 10. The molecule has 1 unspecified atom stereocenters. The normalized spacial score (nSPS) is 15.6. The van der Waals surface area contributed by atoms with Gasteiger partial charge in [0.15, 0.2) is 0 Å². The lowest BCUT2D eigenvalue weighted by Crippen LogP contribution is -2.45. The number of anilines is 3. The lowest BCUT2D eigenvalue weighted by Gasteiger charge is -2.29.